The van der Waals surface area contributed by atoms with Crippen LogP contribution in [0.4, 0.5) is 5.69 Å². The highest BCUT2D eigenvalue weighted by Gasteiger charge is 2.21. The van der Waals surface area contributed by atoms with Crippen LogP contribution >= 0.6 is 0 Å². The third-order valence-corrected chi connectivity index (χ3v) is 3.35. The molecule has 82 valence electrons. The van der Waals surface area contributed by atoms with Crippen molar-refractivity contribution in [3.63, 3.8) is 0 Å². The Morgan fingerprint density at radius 1 is 1.40 bits per heavy atom. The Morgan fingerprint density at radius 3 is 2.87 bits per heavy atom. The van der Waals surface area contributed by atoms with Crippen molar-refractivity contribution in [1.82, 2.24) is 4.90 Å². The standard InChI is InChI=1S/C13H20N2/c1-3-10(2)7-15-8-11-5-4-6-13(14)12(11)9-15/h4-6,10H,3,7-9,14H2,1-2H3. The van der Waals surface area contributed by atoms with Gasteiger partial charge < -0.3 is 5.73 Å². The molecule has 2 rings (SSSR count). The van der Waals surface area contributed by atoms with E-state index in [9.17, 15) is 0 Å². The molecule has 1 aromatic carbocycles. The fourth-order valence-corrected chi connectivity index (χ4v) is 2.21. The van der Waals surface area contributed by atoms with Gasteiger partial charge in [0.1, 0.15) is 0 Å². The molecule has 0 bridgehead atoms. The van der Waals surface area contributed by atoms with Crippen molar-refractivity contribution in [2.75, 3.05) is 12.3 Å². The molecule has 0 aromatic heterocycles. The van der Waals surface area contributed by atoms with Gasteiger partial charge in [-0.3, -0.25) is 4.90 Å². The van der Waals surface area contributed by atoms with E-state index in [1.807, 2.05) is 6.07 Å². The van der Waals surface area contributed by atoms with Gasteiger partial charge in [0.2, 0.25) is 0 Å². The first-order valence-electron chi connectivity index (χ1n) is 5.79. The normalized spacial score (nSPS) is 17.7. The zero-order valence-corrected chi connectivity index (χ0v) is 9.66. The monoisotopic (exact) mass is 204 g/mol. The Balaban J connectivity index is 2.06. The summed E-state index contributed by atoms with van der Waals surface area (Å²) < 4.78 is 0. The van der Waals surface area contributed by atoms with Crippen LogP contribution in [0.3, 0.4) is 0 Å². The lowest BCUT2D eigenvalue weighted by Gasteiger charge is -2.18. The van der Waals surface area contributed by atoms with Crippen LogP contribution < -0.4 is 5.73 Å². The van der Waals surface area contributed by atoms with Crippen LogP contribution in [0.25, 0.3) is 0 Å². The Bertz CT molecular complexity index is 346. The summed E-state index contributed by atoms with van der Waals surface area (Å²) in [6.45, 7) is 7.86. The van der Waals surface area contributed by atoms with Crippen molar-refractivity contribution < 1.29 is 0 Å². The summed E-state index contributed by atoms with van der Waals surface area (Å²) in [5.74, 6) is 0.778. The van der Waals surface area contributed by atoms with E-state index in [4.69, 9.17) is 5.73 Å². The lowest BCUT2D eigenvalue weighted by molar-refractivity contribution is 0.241. The van der Waals surface area contributed by atoms with Gasteiger partial charge in [-0.1, -0.05) is 32.4 Å². The van der Waals surface area contributed by atoms with Gasteiger partial charge in [-0.05, 0) is 23.1 Å². The van der Waals surface area contributed by atoms with E-state index >= 15 is 0 Å². The smallest absolute Gasteiger partial charge is 0.0363 e. The number of anilines is 1. The van der Waals surface area contributed by atoms with Crippen molar-refractivity contribution in [3.05, 3.63) is 29.3 Å². The number of benzene rings is 1. The van der Waals surface area contributed by atoms with E-state index in [1.165, 1.54) is 24.1 Å². The van der Waals surface area contributed by atoms with E-state index in [2.05, 4.69) is 30.9 Å². The Hall–Kier alpha value is -1.02. The molecule has 1 aliphatic heterocycles. The first-order valence-corrected chi connectivity index (χ1v) is 5.79. The Morgan fingerprint density at radius 2 is 2.20 bits per heavy atom. The molecule has 0 aliphatic carbocycles. The van der Waals surface area contributed by atoms with E-state index in [0.717, 1.165) is 24.7 Å². The molecule has 2 nitrogen and oxygen atoms in total. The SMILES string of the molecule is CCC(C)CN1Cc2cccc(N)c2C1. The molecule has 1 atom stereocenters. The molecule has 0 radical (unpaired) electrons. The number of hydrogen-bond donors (Lipinski definition) is 1. The first-order chi connectivity index (χ1) is 7.20. The van der Waals surface area contributed by atoms with Crippen LogP contribution in [-0.4, -0.2) is 11.4 Å². The lowest BCUT2D eigenvalue weighted by Crippen LogP contribution is -2.22. The first kappa shape index (κ1) is 10.5. The highest BCUT2D eigenvalue weighted by atomic mass is 15.1. The fourth-order valence-electron chi connectivity index (χ4n) is 2.21. The quantitative estimate of drug-likeness (QED) is 0.767. The largest absolute Gasteiger partial charge is 0.398 e. The van der Waals surface area contributed by atoms with Gasteiger partial charge in [-0.2, -0.15) is 0 Å². The van der Waals surface area contributed by atoms with E-state index in [-0.39, 0.29) is 0 Å². The van der Waals surface area contributed by atoms with Crippen LogP contribution in [0.1, 0.15) is 31.4 Å². The van der Waals surface area contributed by atoms with Crippen molar-refractivity contribution >= 4 is 5.69 Å². The summed E-state index contributed by atoms with van der Waals surface area (Å²) in [7, 11) is 0. The minimum atomic E-state index is 0.778. The molecule has 0 spiro atoms. The van der Waals surface area contributed by atoms with Gasteiger partial charge in [0.15, 0.2) is 0 Å². The van der Waals surface area contributed by atoms with E-state index < -0.39 is 0 Å². The van der Waals surface area contributed by atoms with Crippen LogP contribution in [-0.2, 0) is 13.1 Å². The van der Waals surface area contributed by atoms with Crippen LogP contribution in [0, 0.1) is 5.92 Å². The predicted molar refractivity (Wildman–Crippen MR) is 64.4 cm³/mol. The number of nitrogens with two attached hydrogens (primary N) is 1. The minimum absolute atomic E-state index is 0.778. The van der Waals surface area contributed by atoms with Crippen molar-refractivity contribution in [1.29, 1.82) is 0 Å². The second kappa shape index (κ2) is 4.23. The zero-order valence-electron chi connectivity index (χ0n) is 9.66. The Labute approximate surface area is 92.1 Å². The Kier molecular flexibility index (Phi) is 2.96. The van der Waals surface area contributed by atoms with Gasteiger partial charge in [0.05, 0.1) is 0 Å². The molecule has 0 saturated heterocycles. The molecular weight excluding hydrogens is 184 g/mol. The zero-order chi connectivity index (χ0) is 10.8. The second-order valence-corrected chi connectivity index (χ2v) is 4.67. The summed E-state index contributed by atoms with van der Waals surface area (Å²) in [5, 5.41) is 0. The summed E-state index contributed by atoms with van der Waals surface area (Å²) in [6, 6.07) is 6.26. The summed E-state index contributed by atoms with van der Waals surface area (Å²) in [5.41, 5.74) is 9.69. The maximum Gasteiger partial charge on any atom is 0.0363 e. The average molecular weight is 204 g/mol. The summed E-state index contributed by atoms with van der Waals surface area (Å²) >= 11 is 0. The van der Waals surface area contributed by atoms with Crippen LogP contribution in [0.5, 0.6) is 0 Å². The third-order valence-electron chi connectivity index (χ3n) is 3.35. The molecule has 1 aromatic rings. The van der Waals surface area contributed by atoms with E-state index in [1.54, 1.807) is 0 Å². The number of nitrogens with zero attached hydrogens (tertiary/aromatic N) is 1. The topological polar surface area (TPSA) is 29.3 Å². The van der Waals surface area contributed by atoms with Gasteiger partial charge >= 0.3 is 0 Å². The summed E-state index contributed by atoms with van der Waals surface area (Å²) in [6.07, 6.45) is 1.25. The van der Waals surface area contributed by atoms with Crippen LogP contribution in [0.15, 0.2) is 18.2 Å². The molecule has 0 amide bonds. The minimum Gasteiger partial charge on any atom is -0.398 e. The van der Waals surface area contributed by atoms with Gasteiger partial charge in [-0.15, -0.1) is 0 Å². The van der Waals surface area contributed by atoms with Crippen molar-refractivity contribution in [3.8, 4) is 0 Å². The molecule has 2 heteroatoms. The molecule has 15 heavy (non-hydrogen) atoms. The summed E-state index contributed by atoms with van der Waals surface area (Å²) in [4.78, 5) is 2.50. The molecule has 0 saturated carbocycles. The van der Waals surface area contributed by atoms with E-state index in [0.29, 0.717) is 0 Å². The maximum atomic E-state index is 5.97. The van der Waals surface area contributed by atoms with Gasteiger partial charge in [-0.25, -0.2) is 0 Å². The molecule has 0 fully saturated rings. The fraction of sp³-hybridized carbons (Fsp3) is 0.538. The molecule has 2 N–H and O–H groups in total. The number of rotatable bonds is 3. The van der Waals surface area contributed by atoms with Gasteiger partial charge in [0, 0.05) is 25.3 Å². The predicted octanol–water partition coefficient (Wildman–Crippen LogP) is 2.63. The molecule has 1 unspecified atom stereocenters. The number of nitrogen functional groups attached to an aromatic ring is 1. The van der Waals surface area contributed by atoms with Gasteiger partial charge in [0.25, 0.3) is 0 Å². The third kappa shape index (κ3) is 2.15. The molecule has 1 aliphatic rings. The average Bonchev–Trinajstić information content (AvgIpc) is 2.62. The van der Waals surface area contributed by atoms with Crippen molar-refractivity contribution in [2.45, 2.75) is 33.4 Å². The highest BCUT2D eigenvalue weighted by Crippen LogP contribution is 2.28. The number of hydrogen-bond acceptors (Lipinski definition) is 2. The van der Waals surface area contributed by atoms with Crippen molar-refractivity contribution in [2.24, 2.45) is 5.92 Å². The second-order valence-electron chi connectivity index (χ2n) is 4.67. The maximum absolute atomic E-state index is 5.97. The highest BCUT2D eigenvalue weighted by molar-refractivity contribution is 5.52. The number of fused-ring (bicyclic) bond motifs is 1. The van der Waals surface area contributed by atoms with Crippen LogP contribution in [0.2, 0.25) is 0 Å². The molecular formula is C13H20N2. The lowest BCUT2D eigenvalue weighted by atomic mass is 10.1. The molecule has 1 heterocycles.